The molecule has 3 heterocycles. The van der Waals surface area contributed by atoms with Crippen LogP contribution in [0.3, 0.4) is 0 Å². The molecule has 1 aromatic rings. The first kappa shape index (κ1) is 27.9. The molecule has 2 fully saturated rings. The van der Waals surface area contributed by atoms with Gasteiger partial charge < -0.3 is 19.7 Å². The summed E-state index contributed by atoms with van der Waals surface area (Å²) in [5.74, 6) is -0.358. The quantitative estimate of drug-likeness (QED) is 0.561. The van der Waals surface area contributed by atoms with Crippen molar-refractivity contribution in [3.63, 3.8) is 0 Å². The van der Waals surface area contributed by atoms with Gasteiger partial charge in [-0.3, -0.25) is 9.59 Å². The van der Waals surface area contributed by atoms with E-state index in [2.05, 4.69) is 16.9 Å². The average molecular weight is 539 g/mol. The molecule has 8 nitrogen and oxygen atoms in total. The molecule has 204 valence electrons. The van der Waals surface area contributed by atoms with Crippen molar-refractivity contribution in [1.29, 1.82) is 0 Å². The van der Waals surface area contributed by atoms with Crippen molar-refractivity contribution in [2.75, 3.05) is 51.8 Å². The van der Waals surface area contributed by atoms with Crippen molar-refractivity contribution in [1.82, 2.24) is 19.7 Å². The van der Waals surface area contributed by atoms with Crippen molar-refractivity contribution < 1.29 is 18.0 Å². The van der Waals surface area contributed by atoms with Gasteiger partial charge in [0, 0.05) is 55.9 Å². The van der Waals surface area contributed by atoms with Crippen LogP contribution in [-0.2, 0) is 14.6 Å². The van der Waals surface area contributed by atoms with Gasteiger partial charge in [-0.1, -0.05) is 36.0 Å². The first-order valence-electron chi connectivity index (χ1n) is 13.1. The molecule has 0 radical (unpaired) electrons. The molecule has 9 heteroatoms. The standard InChI is InChI=1S/C29H38N4O4S/c1-6-26-23(12-17-38(36,37)19-22-10-8-7-9-11-22)24(28(34)32(26)5)18-25-20(2)27(21(3)30-25)29(35)33-15-13-31(4)14-16-33/h6-8,10,12,18,30H,9,11,13-17,19H2,1-5H3. The fourth-order valence-electron chi connectivity index (χ4n) is 5.30. The topological polar surface area (TPSA) is 93.8 Å². The Morgan fingerprint density at radius 2 is 1.82 bits per heavy atom. The Balaban J connectivity index is 1.65. The molecule has 0 bridgehead atoms. The van der Waals surface area contributed by atoms with E-state index in [9.17, 15) is 18.0 Å². The number of likely N-dealkylation sites (N-methyl/N-ethyl adjacent to an activating group) is 2. The molecule has 0 saturated carbocycles. The molecule has 4 rings (SSSR count). The zero-order valence-electron chi connectivity index (χ0n) is 23.0. The first-order chi connectivity index (χ1) is 18.0. The number of nitrogens with zero attached hydrogens (tertiary/aromatic N) is 3. The predicted octanol–water partition coefficient (Wildman–Crippen LogP) is 3.40. The Labute approximate surface area is 226 Å². The Morgan fingerprint density at radius 1 is 1.11 bits per heavy atom. The zero-order chi connectivity index (χ0) is 27.6. The molecule has 1 aromatic heterocycles. The number of sulfone groups is 1. The number of H-pyrrole nitrogens is 1. The SMILES string of the molecule is CC=C1C(=CCS(=O)(=O)CC2=CC=CCC2)C(=Cc2[nH]c(C)c(C(=O)N3CCN(C)CC3)c2C)C(=O)N1C. The number of rotatable bonds is 6. The third kappa shape index (κ3) is 5.78. The van der Waals surface area contributed by atoms with Crippen LogP contribution in [0.2, 0.25) is 0 Å². The minimum absolute atomic E-state index is 0.00766. The fraction of sp³-hybridized carbons (Fsp3) is 0.448. The molecule has 2 saturated heterocycles. The first-order valence-corrected chi connectivity index (χ1v) is 14.9. The Bertz CT molecular complexity index is 1380. The highest BCUT2D eigenvalue weighted by molar-refractivity contribution is 7.91. The van der Waals surface area contributed by atoms with Crippen molar-refractivity contribution >= 4 is 27.7 Å². The zero-order valence-corrected chi connectivity index (χ0v) is 23.8. The normalized spacial score (nSPS) is 22.3. The molecule has 38 heavy (non-hydrogen) atoms. The summed E-state index contributed by atoms with van der Waals surface area (Å²) in [5, 5.41) is 0. The highest BCUT2D eigenvalue weighted by atomic mass is 32.2. The van der Waals surface area contributed by atoms with Crippen molar-refractivity contribution in [3.8, 4) is 0 Å². The van der Waals surface area contributed by atoms with E-state index in [1.54, 1.807) is 24.1 Å². The van der Waals surface area contributed by atoms with Crippen LogP contribution in [-0.4, -0.2) is 91.7 Å². The molecule has 2 amide bonds. The largest absolute Gasteiger partial charge is 0.358 e. The van der Waals surface area contributed by atoms with Gasteiger partial charge in [0.15, 0.2) is 9.84 Å². The van der Waals surface area contributed by atoms with Crippen LogP contribution in [0, 0.1) is 13.8 Å². The predicted molar refractivity (Wildman–Crippen MR) is 151 cm³/mol. The number of aromatic amines is 1. The second-order valence-electron chi connectivity index (χ2n) is 10.3. The third-order valence-corrected chi connectivity index (χ3v) is 9.04. The summed E-state index contributed by atoms with van der Waals surface area (Å²) in [6, 6.07) is 0. The van der Waals surface area contributed by atoms with Crippen LogP contribution in [0.4, 0.5) is 0 Å². The number of nitrogens with one attached hydrogen (secondary N) is 1. The monoisotopic (exact) mass is 538 g/mol. The average Bonchev–Trinajstić information content (AvgIpc) is 3.29. The van der Waals surface area contributed by atoms with Crippen LogP contribution >= 0.6 is 0 Å². The van der Waals surface area contributed by atoms with E-state index in [1.807, 2.05) is 50.0 Å². The number of hydrogen-bond acceptors (Lipinski definition) is 5. The lowest BCUT2D eigenvalue weighted by atomic mass is 10.0. The molecular weight excluding hydrogens is 500 g/mol. The number of amides is 2. The van der Waals surface area contributed by atoms with Gasteiger partial charge in [-0.05, 0) is 52.3 Å². The number of piperazine rings is 1. The summed E-state index contributed by atoms with van der Waals surface area (Å²) in [7, 11) is 0.346. The summed E-state index contributed by atoms with van der Waals surface area (Å²) in [6.07, 6.45) is 12.6. The number of allylic oxidation sites excluding steroid dienone is 5. The minimum atomic E-state index is -3.39. The van der Waals surface area contributed by atoms with Crippen LogP contribution in [0.5, 0.6) is 0 Å². The van der Waals surface area contributed by atoms with Gasteiger partial charge in [0.05, 0.1) is 22.6 Å². The van der Waals surface area contributed by atoms with Gasteiger partial charge in [-0.2, -0.15) is 0 Å². The second-order valence-corrected chi connectivity index (χ2v) is 12.4. The van der Waals surface area contributed by atoms with E-state index in [0.717, 1.165) is 42.8 Å². The molecule has 1 aliphatic carbocycles. The maximum Gasteiger partial charge on any atom is 0.258 e. The molecule has 0 aromatic carbocycles. The Kier molecular flexibility index (Phi) is 8.28. The molecule has 1 N–H and O–H groups in total. The van der Waals surface area contributed by atoms with Gasteiger partial charge in [-0.15, -0.1) is 0 Å². The number of aryl methyl sites for hydroxylation is 1. The number of aromatic nitrogens is 1. The number of hydrogen-bond donors (Lipinski definition) is 1. The number of carbonyl (C=O) groups excluding carboxylic acids is 2. The van der Waals surface area contributed by atoms with Gasteiger partial charge in [0.2, 0.25) is 0 Å². The lowest BCUT2D eigenvalue weighted by molar-refractivity contribution is -0.122. The molecule has 3 aliphatic rings. The van der Waals surface area contributed by atoms with E-state index in [0.29, 0.717) is 41.2 Å². The molecule has 0 atom stereocenters. The van der Waals surface area contributed by atoms with Gasteiger partial charge in [0.25, 0.3) is 11.8 Å². The lowest BCUT2D eigenvalue weighted by Crippen LogP contribution is -2.47. The molecule has 0 spiro atoms. The molecule has 0 unspecified atom stereocenters. The summed E-state index contributed by atoms with van der Waals surface area (Å²) in [4.78, 5) is 35.5. The molecule has 2 aliphatic heterocycles. The van der Waals surface area contributed by atoms with E-state index >= 15 is 0 Å². The Morgan fingerprint density at radius 3 is 2.45 bits per heavy atom. The van der Waals surface area contributed by atoms with Crippen LogP contribution < -0.4 is 0 Å². The van der Waals surface area contributed by atoms with E-state index in [1.165, 1.54) is 0 Å². The van der Waals surface area contributed by atoms with E-state index in [4.69, 9.17) is 0 Å². The van der Waals surface area contributed by atoms with Crippen LogP contribution in [0.1, 0.15) is 47.1 Å². The van der Waals surface area contributed by atoms with Gasteiger partial charge in [-0.25, -0.2) is 8.42 Å². The van der Waals surface area contributed by atoms with Crippen LogP contribution in [0.15, 0.2) is 52.8 Å². The third-order valence-electron chi connectivity index (χ3n) is 7.55. The van der Waals surface area contributed by atoms with Crippen molar-refractivity contribution in [3.05, 3.63) is 75.3 Å². The Hall–Kier alpha value is -3.17. The summed E-state index contributed by atoms with van der Waals surface area (Å²) in [6.45, 7) is 8.62. The number of likely N-dealkylation sites (tertiary alicyclic amines) is 1. The van der Waals surface area contributed by atoms with E-state index in [-0.39, 0.29) is 23.3 Å². The van der Waals surface area contributed by atoms with E-state index < -0.39 is 9.84 Å². The van der Waals surface area contributed by atoms with Crippen molar-refractivity contribution in [2.24, 2.45) is 0 Å². The van der Waals surface area contributed by atoms with Gasteiger partial charge in [0.1, 0.15) is 0 Å². The fourth-order valence-corrected chi connectivity index (χ4v) is 6.65. The summed E-state index contributed by atoms with van der Waals surface area (Å²) < 4.78 is 25.9. The van der Waals surface area contributed by atoms with Crippen LogP contribution in [0.25, 0.3) is 6.08 Å². The highest BCUT2D eigenvalue weighted by Crippen LogP contribution is 2.35. The lowest BCUT2D eigenvalue weighted by Gasteiger charge is -2.32. The maximum absolute atomic E-state index is 13.3. The van der Waals surface area contributed by atoms with Gasteiger partial charge >= 0.3 is 0 Å². The number of carbonyl (C=O) groups is 2. The maximum atomic E-state index is 13.3. The smallest absolute Gasteiger partial charge is 0.258 e. The summed E-state index contributed by atoms with van der Waals surface area (Å²) >= 11 is 0. The minimum Gasteiger partial charge on any atom is -0.358 e. The second kappa shape index (κ2) is 11.3. The molecular formula is C29H38N4O4S. The highest BCUT2D eigenvalue weighted by Gasteiger charge is 2.33. The van der Waals surface area contributed by atoms with Crippen molar-refractivity contribution in [2.45, 2.75) is 33.6 Å². The summed E-state index contributed by atoms with van der Waals surface area (Å²) in [5.41, 5.74) is 5.45.